The molecule has 0 aliphatic rings. The summed E-state index contributed by atoms with van der Waals surface area (Å²) in [6.07, 6.45) is 0. The van der Waals surface area contributed by atoms with E-state index in [0.29, 0.717) is 55.2 Å². The summed E-state index contributed by atoms with van der Waals surface area (Å²) in [4.78, 5) is 18.8. The predicted molar refractivity (Wildman–Crippen MR) is 264 cm³/mol. The third kappa shape index (κ3) is 14.6. The van der Waals surface area contributed by atoms with Gasteiger partial charge in [0.1, 0.15) is 22.9 Å². The quantitative estimate of drug-likeness (QED) is 0.0502. The number of azo groups is 2. The van der Waals surface area contributed by atoms with Gasteiger partial charge >= 0.3 is 21.2 Å². The molecule has 0 atom stereocenters. The summed E-state index contributed by atoms with van der Waals surface area (Å²) < 4.78 is 70.6. The Kier molecular flexibility index (Phi) is 19.9. The topological polar surface area (TPSA) is 286 Å². The Morgan fingerprint density at radius 2 is 1.01 bits per heavy atom. The molecule has 4 aromatic carbocycles. The lowest BCUT2D eigenvalue weighted by Gasteiger charge is -2.22. The maximum absolute atomic E-state index is 9.73. The number of hydrogen-bond donors (Lipinski definition) is 3. The summed E-state index contributed by atoms with van der Waals surface area (Å²) in [5, 5.41) is 38.7. The van der Waals surface area contributed by atoms with E-state index in [-0.39, 0.29) is 18.5 Å². The van der Waals surface area contributed by atoms with Crippen molar-refractivity contribution in [1.29, 1.82) is 0 Å². The molecule has 0 saturated heterocycles. The number of ether oxygens (including phenoxy) is 2. The Bertz CT molecular complexity index is 2900. The zero-order valence-electron chi connectivity index (χ0n) is 37.3. The molecule has 22 nitrogen and oxygen atoms in total. The van der Waals surface area contributed by atoms with Crippen molar-refractivity contribution < 1.29 is 39.8 Å². The van der Waals surface area contributed by atoms with Crippen molar-refractivity contribution in [3.8, 4) is 11.5 Å². The largest absolute Gasteiger partial charge is 0.497 e. The van der Waals surface area contributed by atoms with Crippen molar-refractivity contribution >= 4 is 134 Å². The van der Waals surface area contributed by atoms with Gasteiger partial charge in [-0.2, -0.15) is 23.7 Å². The minimum Gasteiger partial charge on any atom is -0.497 e. The maximum atomic E-state index is 9.73. The summed E-state index contributed by atoms with van der Waals surface area (Å²) in [6.45, 7) is 11.7. The molecule has 68 heavy (non-hydrogen) atoms. The van der Waals surface area contributed by atoms with Crippen molar-refractivity contribution in [2.45, 2.75) is 32.9 Å². The predicted octanol–water partition coefficient (Wildman–Crippen LogP) is 9.19. The fraction of sp³-hybridized carbons (Fsp3) is 0.293. The van der Waals surface area contributed by atoms with E-state index in [1.807, 2.05) is 72.8 Å². The van der Waals surface area contributed by atoms with E-state index in [1.54, 1.807) is 14.2 Å². The minimum atomic E-state index is -3.11. The van der Waals surface area contributed by atoms with Gasteiger partial charge in [0.05, 0.1) is 43.2 Å². The van der Waals surface area contributed by atoms with Crippen LogP contribution in [0.1, 0.15) is 27.7 Å². The monoisotopic (exact) mass is 1020 g/mol. The molecule has 358 valence electrons. The number of aliphatic hydroxyl groups excluding tert-OH is 1. The van der Waals surface area contributed by atoms with Gasteiger partial charge in [-0.1, -0.05) is 11.8 Å². The maximum Gasteiger partial charge on any atom is 0.425 e. The van der Waals surface area contributed by atoms with Gasteiger partial charge in [-0.25, -0.2) is 0 Å². The Hall–Kier alpha value is -6.78. The van der Waals surface area contributed by atoms with Crippen LogP contribution >= 0.6 is 34.8 Å². The number of aliphatic hydroxyl groups is 1. The second-order valence-electron chi connectivity index (χ2n) is 13.4. The Labute approximate surface area is 406 Å². The molecule has 27 heteroatoms. The van der Waals surface area contributed by atoms with Gasteiger partial charge in [-0.15, -0.1) is 45.7 Å². The molecule has 7 rings (SSSR count). The number of nitrogens with zero attached hydrogens (tertiary/aromatic N) is 11. The summed E-state index contributed by atoms with van der Waals surface area (Å²) in [5.41, 5.74) is 6.02. The molecule has 0 bridgehead atoms. The standard InChI is InChI=1S/C41H45N13O3S3.2O3S/c1-7-53(8-2)25-11-15-33(47-49-37-29-23-27(56-5)13-17-31(29)51-59-37)35(21-25)42-39-44-40(46-41(45-39)58-20-19-55)43-36-22-26(54(9-3)10-4)12-16-34(36)48-50-38-30-24-28(57-6)14-18-32(30)52-60-38;2*1-4(2)3/h11-18,21-24,55H,7-10,19-20H2,1-6H3,(H2,42,43,44,45,46);;. The molecule has 0 fully saturated rings. The summed E-state index contributed by atoms with van der Waals surface area (Å²) >= 11 is 3.84. The molecule has 3 heterocycles. The van der Waals surface area contributed by atoms with Crippen LogP contribution in [-0.2, 0) is 21.2 Å². The van der Waals surface area contributed by atoms with Gasteiger partial charge in [0.15, 0.2) is 15.2 Å². The average Bonchev–Trinajstić information content (AvgIpc) is 3.93. The molecule has 0 aliphatic carbocycles. The third-order valence-electron chi connectivity index (χ3n) is 9.47. The van der Waals surface area contributed by atoms with E-state index in [0.717, 1.165) is 59.4 Å². The Balaban J connectivity index is 0.00000100. The van der Waals surface area contributed by atoms with Crippen LogP contribution in [0.4, 0.5) is 56.0 Å². The van der Waals surface area contributed by atoms with E-state index in [1.165, 1.54) is 34.8 Å². The van der Waals surface area contributed by atoms with E-state index in [4.69, 9.17) is 59.9 Å². The van der Waals surface area contributed by atoms with Gasteiger partial charge in [0, 0.05) is 54.1 Å². The summed E-state index contributed by atoms with van der Waals surface area (Å²) in [6, 6.07) is 23.3. The first-order valence-electron chi connectivity index (χ1n) is 20.4. The normalized spacial score (nSPS) is 10.9. The zero-order chi connectivity index (χ0) is 49.2. The van der Waals surface area contributed by atoms with Gasteiger partial charge < -0.3 is 35.0 Å². The van der Waals surface area contributed by atoms with Crippen LogP contribution in [0.2, 0.25) is 0 Å². The van der Waals surface area contributed by atoms with Crippen molar-refractivity contribution in [2.24, 2.45) is 20.5 Å². The first kappa shape index (κ1) is 52.2. The summed E-state index contributed by atoms with van der Waals surface area (Å²) in [7, 11) is -2.96. The van der Waals surface area contributed by atoms with Crippen LogP contribution in [0.25, 0.3) is 21.8 Å². The van der Waals surface area contributed by atoms with Crippen LogP contribution in [0.15, 0.2) is 98.4 Å². The second kappa shape index (κ2) is 25.9. The van der Waals surface area contributed by atoms with E-state index in [9.17, 15) is 5.11 Å². The van der Waals surface area contributed by atoms with Crippen molar-refractivity contribution in [2.75, 3.05) is 73.2 Å². The van der Waals surface area contributed by atoms with Gasteiger partial charge in [0.2, 0.25) is 11.9 Å². The number of methoxy groups -OCH3 is 2. The second-order valence-corrected chi connectivity index (χ2v) is 16.8. The lowest BCUT2D eigenvalue weighted by atomic mass is 10.2. The molecular formula is C41H45N13O9S5. The highest BCUT2D eigenvalue weighted by atomic mass is 32.2. The van der Waals surface area contributed by atoms with Crippen LogP contribution in [0, 0.1) is 0 Å². The molecule has 0 radical (unpaired) electrons. The number of thioether (sulfide) groups is 1. The molecule has 3 aromatic heterocycles. The fourth-order valence-electron chi connectivity index (χ4n) is 6.32. The highest BCUT2D eigenvalue weighted by Crippen LogP contribution is 2.40. The lowest BCUT2D eigenvalue weighted by Crippen LogP contribution is -2.21. The van der Waals surface area contributed by atoms with Gasteiger partial charge in [-0.3, -0.25) is 0 Å². The van der Waals surface area contributed by atoms with E-state index in [2.05, 4.69) is 67.1 Å². The molecular weight excluding hydrogens is 979 g/mol. The van der Waals surface area contributed by atoms with Crippen molar-refractivity contribution in [1.82, 2.24) is 23.7 Å². The third-order valence-corrected chi connectivity index (χ3v) is 11.8. The van der Waals surface area contributed by atoms with Crippen LogP contribution in [0.5, 0.6) is 11.5 Å². The van der Waals surface area contributed by atoms with E-state index >= 15 is 0 Å². The number of aromatic nitrogens is 5. The van der Waals surface area contributed by atoms with Crippen molar-refractivity contribution in [3.05, 3.63) is 72.8 Å². The highest BCUT2D eigenvalue weighted by Gasteiger charge is 2.16. The van der Waals surface area contributed by atoms with Crippen LogP contribution in [-0.4, -0.2) is 107 Å². The molecule has 0 saturated carbocycles. The van der Waals surface area contributed by atoms with Gasteiger partial charge in [-0.05, 0) is 124 Å². The number of benzene rings is 4. The minimum absolute atomic E-state index is 0.0506. The van der Waals surface area contributed by atoms with Gasteiger partial charge in [0.25, 0.3) is 0 Å². The molecule has 3 N–H and O–H groups in total. The van der Waals surface area contributed by atoms with E-state index < -0.39 is 21.2 Å². The highest BCUT2D eigenvalue weighted by molar-refractivity contribution is 7.99. The number of rotatable bonds is 19. The Morgan fingerprint density at radius 3 is 1.38 bits per heavy atom. The lowest BCUT2D eigenvalue weighted by molar-refractivity contribution is 0.322. The number of hydrogen-bond acceptors (Lipinski definition) is 25. The first-order valence-corrected chi connectivity index (χ1v) is 24.9. The Morgan fingerprint density at radius 1 is 0.603 bits per heavy atom. The van der Waals surface area contributed by atoms with Crippen LogP contribution in [0.3, 0.4) is 0 Å². The number of fused-ring (bicyclic) bond motifs is 2. The smallest absolute Gasteiger partial charge is 0.425 e. The first-order chi connectivity index (χ1) is 32.8. The number of anilines is 6. The fourth-order valence-corrected chi connectivity index (χ4v) is 8.26. The molecule has 0 aliphatic heterocycles. The van der Waals surface area contributed by atoms with Crippen molar-refractivity contribution in [3.63, 3.8) is 0 Å². The molecule has 0 unspecified atom stereocenters. The summed E-state index contributed by atoms with van der Waals surface area (Å²) in [5.74, 6) is 2.34. The molecule has 0 amide bonds. The molecule has 0 spiro atoms. The molecule has 7 aromatic rings. The zero-order valence-corrected chi connectivity index (χ0v) is 41.4. The SMILES string of the molecule is CCN(CC)c1ccc(N=Nc2snc3ccc(OC)cc23)c(Nc2nc(Nc3cc(N(CC)CC)ccc3N=Nc3snc4ccc(OC)cc34)nc(SCCO)n2)c1.O=S(=O)=O.O=S(=O)=O. The average molecular weight is 1020 g/mol. The van der Waals surface area contributed by atoms with Crippen LogP contribution < -0.4 is 29.9 Å². The number of nitrogens with one attached hydrogen (secondary N) is 2.